The summed E-state index contributed by atoms with van der Waals surface area (Å²) in [5.41, 5.74) is 3.23. The number of aromatic nitrogens is 2. The summed E-state index contributed by atoms with van der Waals surface area (Å²) in [7, 11) is 0. The third-order valence-electron chi connectivity index (χ3n) is 3.66. The van der Waals surface area contributed by atoms with Gasteiger partial charge in [-0.25, -0.2) is 9.97 Å². The molecule has 0 saturated heterocycles. The van der Waals surface area contributed by atoms with Crippen LogP contribution in [0.5, 0.6) is 0 Å². The first kappa shape index (κ1) is 18.2. The first-order valence-electron chi connectivity index (χ1n) is 7.89. The molecule has 0 atom stereocenters. The second-order valence-corrected chi connectivity index (χ2v) is 6.53. The van der Waals surface area contributed by atoms with E-state index in [0.29, 0.717) is 33.8 Å². The van der Waals surface area contributed by atoms with Crippen molar-refractivity contribution in [3.63, 3.8) is 0 Å². The van der Waals surface area contributed by atoms with Crippen LogP contribution < -0.4 is 10.6 Å². The number of nitrogens with one attached hydrogen (secondary N) is 2. The number of hydrogen-bond donors (Lipinski definition) is 2. The molecule has 0 fully saturated rings. The molecule has 0 aliphatic rings. The summed E-state index contributed by atoms with van der Waals surface area (Å²) < 4.78 is 0. The third kappa shape index (κ3) is 4.71. The highest BCUT2D eigenvalue weighted by Crippen LogP contribution is 2.25. The lowest BCUT2D eigenvalue weighted by Gasteiger charge is -2.08. The Labute approximate surface area is 161 Å². The van der Waals surface area contributed by atoms with Crippen LogP contribution in [0.3, 0.4) is 0 Å². The van der Waals surface area contributed by atoms with Gasteiger partial charge in [-0.05, 0) is 30.7 Å². The third-order valence-corrected chi connectivity index (χ3v) is 4.40. The molecule has 0 radical (unpaired) electrons. The fourth-order valence-corrected chi connectivity index (χ4v) is 2.50. The number of benzene rings is 2. The summed E-state index contributed by atoms with van der Waals surface area (Å²) in [5.74, 6) is 0.130. The minimum absolute atomic E-state index is 0.325. The van der Waals surface area contributed by atoms with Gasteiger partial charge in [0.15, 0.2) is 0 Å². The molecule has 0 aliphatic carbocycles. The van der Waals surface area contributed by atoms with Gasteiger partial charge in [0.2, 0.25) is 5.95 Å². The Bertz CT molecular complexity index is 912. The van der Waals surface area contributed by atoms with Gasteiger partial charge in [-0.2, -0.15) is 0 Å². The smallest absolute Gasteiger partial charge is 0.258 e. The van der Waals surface area contributed by atoms with Gasteiger partial charge in [0.25, 0.3) is 5.91 Å². The second-order valence-electron chi connectivity index (χ2n) is 5.72. The predicted molar refractivity (Wildman–Crippen MR) is 105 cm³/mol. The fraction of sp³-hybridized carbons (Fsp3) is 0.105. The Morgan fingerprint density at radius 3 is 2.35 bits per heavy atom. The number of aryl methyl sites for hydroxylation is 1. The fourth-order valence-electron chi connectivity index (χ4n) is 2.20. The van der Waals surface area contributed by atoms with Gasteiger partial charge in [-0.3, -0.25) is 4.79 Å². The van der Waals surface area contributed by atoms with Crippen molar-refractivity contribution >= 4 is 40.7 Å². The van der Waals surface area contributed by atoms with Gasteiger partial charge >= 0.3 is 0 Å². The SMILES string of the molecule is Cc1ccc(CNc2ncc(C(=O)Nc3ccc(Cl)c(Cl)c3)cn2)cc1. The average molecular weight is 387 g/mol. The number of amides is 1. The molecule has 0 bridgehead atoms. The number of hydrogen-bond acceptors (Lipinski definition) is 4. The molecule has 5 nitrogen and oxygen atoms in total. The van der Waals surface area contributed by atoms with Crippen LogP contribution in [0.1, 0.15) is 21.5 Å². The van der Waals surface area contributed by atoms with Crippen molar-refractivity contribution in [2.24, 2.45) is 0 Å². The number of halogens is 2. The Balaban J connectivity index is 1.60. The summed E-state index contributed by atoms with van der Waals surface area (Å²) in [6.07, 6.45) is 2.94. The van der Waals surface area contributed by atoms with E-state index < -0.39 is 0 Å². The van der Waals surface area contributed by atoms with E-state index in [9.17, 15) is 4.79 Å². The molecule has 0 saturated carbocycles. The molecule has 3 aromatic rings. The molecule has 0 spiro atoms. The van der Waals surface area contributed by atoms with Crippen LogP contribution in [-0.4, -0.2) is 15.9 Å². The van der Waals surface area contributed by atoms with Crippen LogP contribution in [0.2, 0.25) is 10.0 Å². The topological polar surface area (TPSA) is 66.9 Å². The van der Waals surface area contributed by atoms with Crippen LogP contribution in [0.25, 0.3) is 0 Å². The maximum Gasteiger partial charge on any atom is 0.258 e. The van der Waals surface area contributed by atoms with E-state index in [4.69, 9.17) is 23.2 Å². The van der Waals surface area contributed by atoms with Gasteiger partial charge in [-0.15, -0.1) is 0 Å². The molecule has 3 rings (SSSR count). The van der Waals surface area contributed by atoms with E-state index in [1.807, 2.05) is 31.2 Å². The Hall–Kier alpha value is -2.63. The van der Waals surface area contributed by atoms with Crippen LogP contribution >= 0.6 is 23.2 Å². The minimum Gasteiger partial charge on any atom is -0.350 e. The molecule has 2 N–H and O–H groups in total. The maximum atomic E-state index is 12.2. The first-order valence-corrected chi connectivity index (χ1v) is 8.65. The molecular formula is C19H16Cl2N4O. The molecule has 0 aliphatic heterocycles. The van der Waals surface area contributed by atoms with Gasteiger partial charge in [0.1, 0.15) is 0 Å². The van der Waals surface area contributed by atoms with E-state index in [2.05, 4.69) is 20.6 Å². The normalized spacial score (nSPS) is 10.4. The lowest BCUT2D eigenvalue weighted by atomic mass is 10.1. The van der Waals surface area contributed by atoms with Crippen molar-refractivity contribution in [2.45, 2.75) is 13.5 Å². The zero-order valence-corrected chi connectivity index (χ0v) is 15.5. The molecule has 26 heavy (non-hydrogen) atoms. The van der Waals surface area contributed by atoms with E-state index in [1.54, 1.807) is 18.2 Å². The van der Waals surface area contributed by atoms with Gasteiger partial charge in [0, 0.05) is 24.6 Å². The van der Waals surface area contributed by atoms with Crippen molar-refractivity contribution in [2.75, 3.05) is 10.6 Å². The number of carbonyl (C=O) groups excluding carboxylic acids is 1. The molecule has 132 valence electrons. The molecule has 1 amide bonds. The molecule has 1 aromatic heterocycles. The standard InChI is InChI=1S/C19H16Cl2N4O/c1-12-2-4-13(5-3-12)9-22-19-23-10-14(11-24-19)18(26)25-15-6-7-16(20)17(21)8-15/h2-8,10-11H,9H2,1H3,(H,25,26)(H,22,23,24). The van der Waals surface area contributed by atoms with Crippen LogP contribution in [0, 0.1) is 6.92 Å². The van der Waals surface area contributed by atoms with Gasteiger partial charge < -0.3 is 10.6 Å². The monoisotopic (exact) mass is 386 g/mol. The number of rotatable bonds is 5. The summed E-state index contributed by atoms with van der Waals surface area (Å²) in [6.45, 7) is 2.65. The quantitative estimate of drug-likeness (QED) is 0.650. The highest BCUT2D eigenvalue weighted by atomic mass is 35.5. The van der Waals surface area contributed by atoms with Crippen molar-refractivity contribution in [3.05, 3.63) is 81.6 Å². The van der Waals surface area contributed by atoms with E-state index in [0.717, 1.165) is 5.56 Å². The van der Waals surface area contributed by atoms with Crippen LogP contribution in [0.15, 0.2) is 54.9 Å². The summed E-state index contributed by atoms with van der Waals surface area (Å²) >= 11 is 11.8. The molecule has 2 aromatic carbocycles. The lowest BCUT2D eigenvalue weighted by molar-refractivity contribution is 0.102. The van der Waals surface area contributed by atoms with Crippen molar-refractivity contribution in [3.8, 4) is 0 Å². The Kier molecular flexibility index (Phi) is 5.71. The number of carbonyl (C=O) groups is 1. The summed E-state index contributed by atoms with van der Waals surface area (Å²) in [5, 5.41) is 6.65. The highest BCUT2D eigenvalue weighted by Gasteiger charge is 2.09. The molecule has 7 heteroatoms. The molecule has 0 unspecified atom stereocenters. The summed E-state index contributed by atoms with van der Waals surface area (Å²) in [4.78, 5) is 20.6. The molecule has 1 heterocycles. The number of anilines is 2. The van der Waals surface area contributed by atoms with Crippen LogP contribution in [0.4, 0.5) is 11.6 Å². The van der Waals surface area contributed by atoms with Crippen LogP contribution in [-0.2, 0) is 6.54 Å². The molecular weight excluding hydrogens is 371 g/mol. The zero-order chi connectivity index (χ0) is 18.5. The van der Waals surface area contributed by atoms with Crippen molar-refractivity contribution < 1.29 is 4.79 Å². The highest BCUT2D eigenvalue weighted by molar-refractivity contribution is 6.42. The average Bonchev–Trinajstić information content (AvgIpc) is 2.65. The Morgan fingerprint density at radius 1 is 1.00 bits per heavy atom. The number of nitrogens with zero attached hydrogens (tertiary/aromatic N) is 2. The maximum absolute atomic E-state index is 12.2. The van der Waals surface area contributed by atoms with E-state index >= 15 is 0 Å². The summed E-state index contributed by atoms with van der Waals surface area (Å²) in [6, 6.07) is 13.1. The van der Waals surface area contributed by atoms with E-state index in [1.165, 1.54) is 18.0 Å². The minimum atomic E-state index is -0.325. The zero-order valence-electron chi connectivity index (χ0n) is 14.0. The van der Waals surface area contributed by atoms with Crippen molar-refractivity contribution in [1.29, 1.82) is 0 Å². The van der Waals surface area contributed by atoms with Crippen molar-refractivity contribution in [1.82, 2.24) is 9.97 Å². The second kappa shape index (κ2) is 8.17. The predicted octanol–water partition coefficient (Wildman–Crippen LogP) is 4.96. The van der Waals surface area contributed by atoms with Gasteiger partial charge in [0.05, 0.1) is 15.6 Å². The van der Waals surface area contributed by atoms with Gasteiger partial charge in [-0.1, -0.05) is 53.0 Å². The first-order chi connectivity index (χ1) is 12.5. The van der Waals surface area contributed by atoms with E-state index in [-0.39, 0.29) is 5.91 Å². The largest absolute Gasteiger partial charge is 0.350 e. The lowest BCUT2D eigenvalue weighted by Crippen LogP contribution is -2.13. The Morgan fingerprint density at radius 2 is 1.69 bits per heavy atom.